The second kappa shape index (κ2) is 7.95. The molecule has 0 spiro atoms. The minimum absolute atomic E-state index is 0.0944. The minimum Gasteiger partial charge on any atom is -0.369 e. The zero-order valence-electron chi connectivity index (χ0n) is 16.4. The topological polar surface area (TPSA) is 48.5 Å². The van der Waals surface area contributed by atoms with Crippen LogP contribution in [-0.2, 0) is 6.18 Å². The molecule has 3 aromatic rings. The monoisotopic (exact) mass is 414 g/mol. The number of alkyl halides is 3. The molecular formula is C22H21F3N4O. The third-order valence-corrected chi connectivity index (χ3v) is 5.30. The SMILES string of the molecule is CN1CCN(c2ccc(NC(=O)c3cnc4ccccc4c3C(F)(F)F)cc2)CC1. The zero-order chi connectivity index (χ0) is 21.3. The molecule has 0 bridgehead atoms. The van der Waals surface area contributed by atoms with Crippen LogP contribution < -0.4 is 10.2 Å². The molecule has 1 N–H and O–H groups in total. The summed E-state index contributed by atoms with van der Waals surface area (Å²) in [6, 6.07) is 13.1. The Balaban J connectivity index is 1.58. The van der Waals surface area contributed by atoms with Crippen molar-refractivity contribution >= 4 is 28.2 Å². The number of pyridine rings is 1. The summed E-state index contributed by atoms with van der Waals surface area (Å²) in [4.78, 5) is 21.2. The van der Waals surface area contributed by atoms with E-state index in [2.05, 4.69) is 27.1 Å². The number of hydrogen-bond donors (Lipinski definition) is 1. The van der Waals surface area contributed by atoms with Gasteiger partial charge in [-0.25, -0.2) is 0 Å². The van der Waals surface area contributed by atoms with Crippen molar-refractivity contribution in [2.45, 2.75) is 6.18 Å². The van der Waals surface area contributed by atoms with Gasteiger partial charge in [-0.3, -0.25) is 9.78 Å². The standard InChI is InChI=1S/C22H21F3N4O/c1-28-10-12-29(13-11-28)16-8-6-15(7-9-16)27-21(30)18-14-26-19-5-3-2-4-17(19)20(18)22(23,24)25/h2-9,14H,10-13H2,1H3,(H,27,30). The van der Waals surface area contributed by atoms with Gasteiger partial charge in [0.15, 0.2) is 0 Å². The Kier molecular flexibility index (Phi) is 5.34. The first-order valence-electron chi connectivity index (χ1n) is 9.63. The third kappa shape index (κ3) is 4.09. The second-order valence-electron chi connectivity index (χ2n) is 7.35. The van der Waals surface area contributed by atoms with Gasteiger partial charge in [0.25, 0.3) is 5.91 Å². The highest BCUT2D eigenvalue weighted by atomic mass is 19.4. The van der Waals surface area contributed by atoms with Crippen LogP contribution in [0.1, 0.15) is 15.9 Å². The predicted molar refractivity (Wildman–Crippen MR) is 111 cm³/mol. The number of benzene rings is 2. The zero-order valence-corrected chi connectivity index (χ0v) is 16.4. The molecule has 1 aliphatic rings. The molecule has 0 saturated carbocycles. The summed E-state index contributed by atoms with van der Waals surface area (Å²) in [6.07, 6.45) is -3.69. The summed E-state index contributed by atoms with van der Waals surface area (Å²) in [5.74, 6) is -0.840. The molecular weight excluding hydrogens is 393 g/mol. The molecule has 156 valence electrons. The van der Waals surface area contributed by atoms with Gasteiger partial charge in [-0.2, -0.15) is 13.2 Å². The lowest BCUT2D eigenvalue weighted by atomic mass is 10.0. The summed E-state index contributed by atoms with van der Waals surface area (Å²) in [5, 5.41) is 2.47. The van der Waals surface area contributed by atoms with Crippen LogP contribution in [0.3, 0.4) is 0 Å². The number of nitrogens with one attached hydrogen (secondary N) is 1. The van der Waals surface area contributed by atoms with E-state index in [0.717, 1.165) is 38.1 Å². The number of rotatable bonds is 3. The van der Waals surface area contributed by atoms with Crippen LogP contribution in [-0.4, -0.2) is 49.0 Å². The second-order valence-corrected chi connectivity index (χ2v) is 7.35. The van der Waals surface area contributed by atoms with Crippen LogP contribution in [0.4, 0.5) is 24.5 Å². The Morgan fingerprint density at radius 1 is 1.00 bits per heavy atom. The maximum atomic E-state index is 13.7. The maximum absolute atomic E-state index is 13.7. The Bertz CT molecular complexity index is 1060. The maximum Gasteiger partial charge on any atom is 0.417 e. The molecule has 0 unspecified atom stereocenters. The van der Waals surface area contributed by atoms with Crippen molar-refractivity contribution in [1.29, 1.82) is 0 Å². The first-order chi connectivity index (χ1) is 14.3. The van der Waals surface area contributed by atoms with Gasteiger partial charge in [0.05, 0.1) is 16.6 Å². The fourth-order valence-electron chi connectivity index (χ4n) is 3.64. The van der Waals surface area contributed by atoms with E-state index in [1.165, 1.54) is 18.2 Å². The Morgan fingerprint density at radius 3 is 2.33 bits per heavy atom. The van der Waals surface area contributed by atoms with E-state index in [9.17, 15) is 18.0 Å². The molecule has 0 aliphatic carbocycles. The largest absolute Gasteiger partial charge is 0.417 e. The molecule has 4 rings (SSSR count). The van der Waals surface area contributed by atoms with Gasteiger partial charge in [-0.05, 0) is 37.4 Å². The summed E-state index contributed by atoms with van der Waals surface area (Å²) in [7, 11) is 2.08. The van der Waals surface area contributed by atoms with Crippen LogP contribution in [0.5, 0.6) is 0 Å². The lowest BCUT2D eigenvalue weighted by molar-refractivity contribution is -0.136. The first-order valence-corrected chi connectivity index (χ1v) is 9.63. The average molecular weight is 414 g/mol. The van der Waals surface area contributed by atoms with Crippen LogP contribution in [0, 0.1) is 0 Å². The summed E-state index contributed by atoms with van der Waals surface area (Å²) in [6.45, 7) is 3.74. The van der Waals surface area contributed by atoms with E-state index >= 15 is 0 Å². The molecule has 8 heteroatoms. The highest BCUT2D eigenvalue weighted by Crippen LogP contribution is 2.37. The molecule has 5 nitrogen and oxygen atoms in total. The number of piperazine rings is 1. The molecule has 1 saturated heterocycles. The van der Waals surface area contributed by atoms with Crippen LogP contribution in [0.25, 0.3) is 10.9 Å². The van der Waals surface area contributed by atoms with Gasteiger partial charge in [0.1, 0.15) is 0 Å². The third-order valence-electron chi connectivity index (χ3n) is 5.30. The highest BCUT2D eigenvalue weighted by Gasteiger charge is 2.37. The number of nitrogens with zero attached hydrogens (tertiary/aromatic N) is 3. The summed E-state index contributed by atoms with van der Waals surface area (Å²) >= 11 is 0. The number of fused-ring (bicyclic) bond motifs is 1. The fourth-order valence-corrected chi connectivity index (χ4v) is 3.64. The van der Waals surface area contributed by atoms with Gasteiger partial charge >= 0.3 is 6.18 Å². The molecule has 1 amide bonds. The van der Waals surface area contributed by atoms with Crippen LogP contribution >= 0.6 is 0 Å². The first kappa shape index (κ1) is 20.2. The molecule has 30 heavy (non-hydrogen) atoms. The van der Waals surface area contributed by atoms with Crippen LogP contribution in [0.2, 0.25) is 0 Å². The van der Waals surface area contributed by atoms with E-state index in [4.69, 9.17) is 0 Å². The van der Waals surface area contributed by atoms with E-state index < -0.39 is 23.2 Å². The molecule has 1 aliphatic heterocycles. The molecule has 2 aromatic carbocycles. The summed E-state index contributed by atoms with van der Waals surface area (Å²) in [5.41, 5.74) is 0.172. The Morgan fingerprint density at radius 2 is 1.67 bits per heavy atom. The van der Waals surface area contributed by atoms with E-state index in [-0.39, 0.29) is 10.9 Å². The normalized spacial score (nSPS) is 15.4. The van der Waals surface area contributed by atoms with Crippen LogP contribution in [0.15, 0.2) is 54.7 Å². The van der Waals surface area contributed by atoms with Crippen molar-refractivity contribution in [3.63, 3.8) is 0 Å². The van der Waals surface area contributed by atoms with Gasteiger partial charge in [-0.1, -0.05) is 18.2 Å². The number of halogens is 3. The number of para-hydroxylation sites is 1. The average Bonchev–Trinajstić information content (AvgIpc) is 2.73. The van der Waals surface area contributed by atoms with Gasteiger partial charge in [0, 0.05) is 49.1 Å². The van der Waals surface area contributed by atoms with Crippen molar-refractivity contribution in [3.05, 3.63) is 65.9 Å². The molecule has 1 fully saturated rings. The predicted octanol–water partition coefficient (Wildman–Crippen LogP) is 4.26. The van der Waals surface area contributed by atoms with Crippen molar-refractivity contribution in [2.75, 3.05) is 43.4 Å². The smallest absolute Gasteiger partial charge is 0.369 e. The number of amides is 1. The quantitative estimate of drug-likeness (QED) is 0.696. The molecule has 1 aromatic heterocycles. The van der Waals surface area contributed by atoms with Crippen molar-refractivity contribution in [1.82, 2.24) is 9.88 Å². The van der Waals surface area contributed by atoms with Crippen molar-refractivity contribution in [2.24, 2.45) is 0 Å². The molecule has 0 radical (unpaired) electrons. The Labute approximate surface area is 172 Å². The summed E-state index contributed by atoms with van der Waals surface area (Å²) < 4.78 is 41.2. The number of likely N-dealkylation sites (N-methyl/N-ethyl adjacent to an activating group) is 1. The number of anilines is 2. The number of hydrogen-bond acceptors (Lipinski definition) is 4. The fraction of sp³-hybridized carbons (Fsp3) is 0.273. The Hall–Kier alpha value is -3.13. The van der Waals surface area contributed by atoms with Crippen molar-refractivity contribution in [3.8, 4) is 0 Å². The van der Waals surface area contributed by atoms with Gasteiger partial charge in [-0.15, -0.1) is 0 Å². The molecule has 0 atom stereocenters. The number of aromatic nitrogens is 1. The minimum atomic E-state index is -4.68. The number of carbonyl (C=O) groups excluding carboxylic acids is 1. The number of carbonyl (C=O) groups is 1. The van der Waals surface area contributed by atoms with Gasteiger partial charge < -0.3 is 15.1 Å². The lowest BCUT2D eigenvalue weighted by Gasteiger charge is -2.34. The lowest BCUT2D eigenvalue weighted by Crippen LogP contribution is -2.44. The molecule has 2 heterocycles. The van der Waals surface area contributed by atoms with E-state index in [1.54, 1.807) is 18.2 Å². The van der Waals surface area contributed by atoms with E-state index in [1.807, 2.05) is 12.1 Å². The van der Waals surface area contributed by atoms with Crippen molar-refractivity contribution < 1.29 is 18.0 Å². The van der Waals surface area contributed by atoms with E-state index in [0.29, 0.717) is 5.69 Å². The highest BCUT2D eigenvalue weighted by molar-refractivity contribution is 6.07. The van der Waals surface area contributed by atoms with Gasteiger partial charge in [0.2, 0.25) is 0 Å².